The Balaban J connectivity index is 1.70. The number of aromatic nitrogens is 2. The molecular formula is C16H20N2O2. The first kappa shape index (κ1) is 13.3. The Labute approximate surface area is 119 Å². The molecule has 0 radical (unpaired) electrons. The zero-order valence-electron chi connectivity index (χ0n) is 11.7. The van der Waals surface area contributed by atoms with Crippen LogP contribution in [0.5, 0.6) is 0 Å². The summed E-state index contributed by atoms with van der Waals surface area (Å²) in [4.78, 5) is 4.08. The number of aryl methyl sites for hydroxylation is 1. The lowest BCUT2D eigenvalue weighted by Gasteiger charge is -2.28. The minimum Gasteiger partial charge on any atom is -0.345 e. The van der Waals surface area contributed by atoms with Crippen molar-refractivity contribution in [3.05, 3.63) is 54.6 Å². The van der Waals surface area contributed by atoms with Gasteiger partial charge in [0.15, 0.2) is 5.79 Å². The van der Waals surface area contributed by atoms with Crippen molar-refractivity contribution in [1.82, 2.24) is 9.55 Å². The SMILES string of the molecule is CC1COC(CCc2ccccc2)(Cn2ccnc2)O1. The molecule has 0 spiro atoms. The van der Waals surface area contributed by atoms with E-state index in [1.54, 1.807) is 12.5 Å². The molecular weight excluding hydrogens is 252 g/mol. The smallest absolute Gasteiger partial charge is 0.187 e. The van der Waals surface area contributed by atoms with Crippen LogP contribution < -0.4 is 0 Å². The summed E-state index contributed by atoms with van der Waals surface area (Å²) in [6.07, 6.45) is 7.47. The van der Waals surface area contributed by atoms with Crippen molar-refractivity contribution in [2.45, 2.75) is 38.2 Å². The fourth-order valence-electron chi connectivity index (χ4n) is 2.63. The van der Waals surface area contributed by atoms with Crippen molar-refractivity contribution in [2.75, 3.05) is 6.61 Å². The van der Waals surface area contributed by atoms with E-state index in [0.717, 1.165) is 12.8 Å². The monoisotopic (exact) mass is 272 g/mol. The predicted molar refractivity (Wildman–Crippen MR) is 76.2 cm³/mol. The molecule has 1 aromatic heterocycles. The summed E-state index contributed by atoms with van der Waals surface area (Å²) >= 11 is 0. The van der Waals surface area contributed by atoms with Crippen molar-refractivity contribution in [3.8, 4) is 0 Å². The Bertz CT molecular complexity index is 527. The molecule has 106 valence electrons. The molecule has 2 heterocycles. The van der Waals surface area contributed by atoms with Crippen LogP contribution in [0, 0.1) is 0 Å². The van der Waals surface area contributed by atoms with Crippen molar-refractivity contribution in [1.29, 1.82) is 0 Å². The Morgan fingerprint density at radius 1 is 1.35 bits per heavy atom. The topological polar surface area (TPSA) is 36.3 Å². The van der Waals surface area contributed by atoms with Gasteiger partial charge in [-0.25, -0.2) is 4.98 Å². The third-order valence-corrected chi connectivity index (χ3v) is 3.62. The minimum absolute atomic E-state index is 0.147. The Morgan fingerprint density at radius 2 is 2.20 bits per heavy atom. The summed E-state index contributed by atoms with van der Waals surface area (Å²) in [5.74, 6) is -0.532. The lowest BCUT2D eigenvalue weighted by Crippen LogP contribution is -2.36. The van der Waals surface area contributed by atoms with Gasteiger partial charge in [0.25, 0.3) is 0 Å². The maximum atomic E-state index is 6.07. The number of nitrogens with zero attached hydrogens (tertiary/aromatic N) is 2. The van der Waals surface area contributed by atoms with Gasteiger partial charge >= 0.3 is 0 Å². The molecule has 2 unspecified atom stereocenters. The van der Waals surface area contributed by atoms with Crippen molar-refractivity contribution >= 4 is 0 Å². The van der Waals surface area contributed by atoms with Gasteiger partial charge in [-0.2, -0.15) is 0 Å². The van der Waals surface area contributed by atoms with Crippen molar-refractivity contribution in [3.63, 3.8) is 0 Å². The molecule has 1 fully saturated rings. The van der Waals surface area contributed by atoms with Crippen LogP contribution in [-0.4, -0.2) is 28.0 Å². The van der Waals surface area contributed by atoms with Gasteiger partial charge < -0.3 is 14.0 Å². The van der Waals surface area contributed by atoms with Gasteiger partial charge in [-0.05, 0) is 18.9 Å². The number of rotatable bonds is 5. The van der Waals surface area contributed by atoms with E-state index >= 15 is 0 Å². The summed E-state index contributed by atoms with van der Waals surface area (Å²) in [6.45, 7) is 3.39. The van der Waals surface area contributed by atoms with E-state index < -0.39 is 5.79 Å². The normalized spacial score (nSPS) is 25.9. The van der Waals surface area contributed by atoms with E-state index in [9.17, 15) is 0 Å². The summed E-state index contributed by atoms with van der Waals surface area (Å²) in [5.41, 5.74) is 1.31. The van der Waals surface area contributed by atoms with Crippen molar-refractivity contribution < 1.29 is 9.47 Å². The van der Waals surface area contributed by atoms with E-state index in [1.165, 1.54) is 5.56 Å². The van der Waals surface area contributed by atoms with Gasteiger partial charge in [0.1, 0.15) is 0 Å². The molecule has 0 bridgehead atoms. The summed E-state index contributed by atoms with van der Waals surface area (Å²) in [6, 6.07) is 10.5. The fourth-order valence-corrected chi connectivity index (χ4v) is 2.63. The number of hydrogen-bond acceptors (Lipinski definition) is 3. The van der Waals surface area contributed by atoms with Crippen molar-refractivity contribution in [2.24, 2.45) is 0 Å². The van der Waals surface area contributed by atoms with Gasteiger partial charge in [0.2, 0.25) is 0 Å². The van der Waals surface area contributed by atoms with Crippen LogP contribution in [0.4, 0.5) is 0 Å². The molecule has 20 heavy (non-hydrogen) atoms. The third-order valence-electron chi connectivity index (χ3n) is 3.62. The molecule has 0 saturated carbocycles. The summed E-state index contributed by atoms with van der Waals surface area (Å²) in [7, 11) is 0. The number of benzene rings is 1. The van der Waals surface area contributed by atoms with Gasteiger partial charge in [-0.1, -0.05) is 30.3 Å². The highest BCUT2D eigenvalue weighted by molar-refractivity contribution is 5.15. The van der Waals surface area contributed by atoms with Crippen LogP contribution in [0.2, 0.25) is 0 Å². The first-order valence-corrected chi connectivity index (χ1v) is 7.07. The second-order valence-electron chi connectivity index (χ2n) is 5.37. The van der Waals surface area contributed by atoms with E-state index in [-0.39, 0.29) is 6.10 Å². The maximum Gasteiger partial charge on any atom is 0.187 e. The van der Waals surface area contributed by atoms with Crippen LogP contribution >= 0.6 is 0 Å². The molecule has 3 rings (SSSR count). The molecule has 1 aliphatic rings. The van der Waals surface area contributed by atoms with Gasteiger partial charge in [0, 0.05) is 18.8 Å². The lowest BCUT2D eigenvalue weighted by molar-refractivity contribution is -0.180. The van der Waals surface area contributed by atoms with Crippen LogP contribution in [-0.2, 0) is 22.4 Å². The highest BCUT2D eigenvalue weighted by atomic mass is 16.7. The van der Waals surface area contributed by atoms with Crippen LogP contribution in [0.3, 0.4) is 0 Å². The predicted octanol–water partition coefficient (Wildman–Crippen LogP) is 2.65. The van der Waals surface area contributed by atoms with Crippen LogP contribution in [0.25, 0.3) is 0 Å². The molecule has 1 aromatic carbocycles. The number of hydrogen-bond donors (Lipinski definition) is 0. The summed E-state index contributed by atoms with van der Waals surface area (Å²) < 4.78 is 14.1. The molecule has 1 aliphatic heterocycles. The third kappa shape index (κ3) is 3.08. The maximum absolute atomic E-state index is 6.07. The van der Waals surface area contributed by atoms with Crippen LogP contribution in [0.15, 0.2) is 49.1 Å². The highest BCUT2D eigenvalue weighted by Crippen LogP contribution is 2.30. The second kappa shape index (κ2) is 5.77. The molecule has 1 saturated heterocycles. The molecule has 4 nitrogen and oxygen atoms in total. The van der Waals surface area contributed by atoms with E-state index in [2.05, 4.69) is 36.2 Å². The lowest BCUT2D eigenvalue weighted by atomic mass is 10.0. The second-order valence-corrected chi connectivity index (χ2v) is 5.37. The van der Waals surface area contributed by atoms with Gasteiger partial charge in [0.05, 0.1) is 25.6 Å². The zero-order chi connectivity index (χ0) is 13.8. The fraction of sp³-hybridized carbons (Fsp3) is 0.438. The number of imidazole rings is 1. The average molecular weight is 272 g/mol. The average Bonchev–Trinajstić information content (AvgIpc) is 3.09. The molecule has 4 heteroatoms. The first-order chi connectivity index (χ1) is 9.76. The molecule has 2 atom stereocenters. The summed E-state index contributed by atoms with van der Waals surface area (Å²) in [5, 5.41) is 0. The Kier molecular flexibility index (Phi) is 3.85. The zero-order valence-corrected chi connectivity index (χ0v) is 11.7. The standard InChI is InChI=1S/C16H20N2O2/c1-14-11-19-16(20-14,12-18-10-9-17-13-18)8-7-15-5-3-2-4-6-15/h2-6,9-10,13-14H,7-8,11-12H2,1H3. The van der Waals surface area contributed by atoms with Gasteiger partial charge in [-0.3, -0.25) is 0 Å². The van der Waals surface area contributed by atoms with E-state index in [4.69, 9.17) is 9.47 Å². The molecule has 2 aromatic rings. The quantitative estimate of drug-likeness (QED) is 0.839. The first-order valence-electron chi connectivity index (χ1n) is 7.07. The molecule has 0 N–H and O–H groups in total. The van der Waals surface area contributed by atoms with E-state index in [1.807, 2.05) is 16.8 Å². The Hall–Kier alpha value is -1.65. The van der Waals surface area contributed by atoms with Gasteiger partial charge in [-0.15, -0.1) is 0 Å². The van der Waals surface area contributed by atoms with Crippen LogP contribution in [0.1, 0.15) is 18.9 Å². The van der Waals surface area contributed by atoms with E-state index in [0.29, 0.717) is 13.2 Å². The minimum atomic E-state index is -0.532. The number of ether oxygens (including phenoxy) is 2. The molecule has 0 aliphatic carbocycles. The Morgan fingerprint density at radius 3 is 2.85 bits per heavy atom. The highest BCUT2D eigenvalue weighted by Gasteiger charge is 2.39. The largest absolute Gasteiger partial charge is 0.345 e. The molecule has 0 amide bonds.